The molecule has 1 rings (SSSR count). The van der Waals surface area contributed by atoms with Gasteiger partial charge in [0.25, 0.3) is 0 Å². The van der Waals surface area contributed by atoms with Gasteiger partial charge in [-0.3, -0.25) is 0 Å². The predicted octanol–water partition coefficient (Wildman–Crippen LogP) is 2.68. The normalized spacial score (nSPS) is 14.2. The minimum atomic E-state index is 0.194. The first kappa shape index (κ1) is 14.5. The zero-order valence-electron chi connectivity index (χ0n) is 7.06. The number of hydrogen-bond acceptors (Lipinski definition) is 3. The maximum atomic E-state index is 7.32. The largest absolute Gasteiger partial charge is 0.237 e. The maximum Gasteiger partial charge on any atom is 0.0967 e. The second kappa shape index (κ2) is 17.2. The Morgan fingerprint density at radius 2 is 1.50 bits per heavy atom. The van der Waals surface area contributed by atoms with Crippen molar-refractivity contribution in [3.8, 4) is 6.07 Å². The summed E-state index contributed by atoms with van der Waals surface area (Å²) in [7, 11) is 0. The molecule has 0 spiro atoms. The molecule has 0 aliphatic carbocycles. The van der Waals surface area contributed by atoms with Crippen LogP contribution in [-0.2, 0) is 9.78 Å². The van der Waals surface area contributed by atoms with Crippen molar-refractivity contribution in [2.75, 3.05) is 18.6 Å². The molecule has 0 unspecified atom stereocenters. The highest BCUT2D eigenvalue weighted by molar-refractivity contribution is 6.40. The predicted molar refractivity (Wildman–Crippen MR) is 49.0 cm³/mol. The van der Waals surface area contributed by atoms with E-state index < -0.39 is 0 Å². The van der Waals surface area contributed by atoms with Crippen LogP contribution in [0.5, 0.6) is 0 Å². The van der Waals surface area contributed by atoms with Crippen molar-refractivity contribution in [1.82, 2.24) is 0 Å². The topological polar surface area (TPSA) is 42.2 Å². The van der Waals surface area contributed by atoms with Gasteiger partial charge < -0.3 is 0 Å². The van der Waals surface area contributed by atoms with Gasteiger partial charge in [-0.2, -0.15) is 5.26 Å². The molecule has 0 aromatic carbocycles. The Balaban J connectivity index is 0. The van der Waals surface area contributed by atoms with Gasteiger partial charge in [-0.05, 0) is 12.8 Å². The smallest absolute Gasteiger partial charge is 0.0967 e. The molecule has 0 N–H and O–H groups in total. The summed E-state index contributed by atoms with van der Waals surface area (Å²) in [4.78, 5) is 9.14. The van der Waals surface area contributed by atoms with Crippen molar-refractivity contribution in [3.63, 3.8) is 0 Å². The average Bonchev–Trinajstić information content (AvgIpc) is 2.10. The van der Waals surface area contributed by atoms with Crippen LogP contribution in [0.25, 0.3) is 0 Å². The van der Waals surface area contributed by atoms with Crippen molar-refractivity contribution in [3.05, 3.63) is 0 Å². The standard InChI is InChI=1S/C4H8O2.C2H3N.CH2Cl2/c1-2-4-6-5-3-1;1-2-3;2-1-3/h1-4H2;1H3;1H2. The van der Waals surface area contributed by atoms with Crippen molar-refractivity contribution >= 4 is 23.2 Å². The molecule has 0 radical (unpaired) electrons. The summed E-state index contributed by atoms with van der Waals surface area (Å²) in [5.74, 6) is 0. The lowest BCUT2D eigenvalue weighted by molar-refractivity contribution is -0.312. The van der Waals surface area contributed by atoms with Gasteiger partial charge >= 0.3 is 0 Å². The number of nitrogens with zero attached hydrogens (tertiary/aromatic N) is 1. The van der Waals surface area contributed by atoms with Crippen LogP contribution in [0.15, 0.2) is 0 Å². The Morgan fingerprint density at radius 1 is 1.25 bits per heavy atom. The fraction of sp³-hybridized carbons (Fsp3) is 0.857. The van der Waals surface area contributed by atoms with Gasteiger partial charge in [0, 0.05) is 6.92 Å². The zero-order chi connectivity index (χ0) is 9.66. The van der Waals surface area contributed by atoms with E-state index in [0.29, 0.717) is 0 Å². The van der Waals surface area contributed by atoms with Gasteiger partial charge in [-0.1, -0.05) is 0 Å². The van der Waals surface area contributed by atoms with E-state index in [9.17, 15) is 0 Å². The number of halogens is 2. The van der Waals surface area contributed by atoms with Gasteiger partial charge in [0.1, 0.15) is 0 Å². The van der Waals surface area contributed by atoms with Crippen molar-refractivity contribution < 1.29 is 9.78 Å². The van der Waals surface area contributed by atoms with Crippen molar-refractivity contribution in [2.24, 2.45) is 0 Å². The molecule has 1 aliphatic heterocycles. The average molecular weight is 214 g/mol. The van der Waals surface area contributed by atoms with E-state index in [1.54, 1.807) is 6.07 Å². The van der Waals surface area contributed by atoms with Crippen LogP contribution in [0.3, 0.4) is 0 Å². The lowest BCUT2D eigenvalue weighted by Gasteiger charge is -2.07. The Hall–Kier alpha value is -0.0100. The molecule has 1 saturated heterocycles. The second-order valence-corrected chi connectivity index (χ2v) is 2.48. The van der Waals surface area contributed by atoms with Crippen LogP contribution in [0.1, 0.15) is 19.8 Å². The van der Waals surface area contributed by atoms with E-state index in [0.717, 1.165) is 26.1 Å². The van der Waals surface area contributed by atoms with E-state index in [2.05, 4.69) is 9.78 Å². The van der Waals surface area contributed by atoms with Crippen LogP contribution in [0.4, 0.5) is 0 Å². The molecule has 0 amide bonds. The third-order valence-corrected chi connectivity index (χ3v) is 0.789. The minimum Gasteiger partial charge on any atom is -0.237 e. The number of rotatable bonds is 0. The summed E-state index contributed by atoms with van der Waals surface area (Å²) in [5.41, 5.74) is 0. The fourth-order valence-corrected chi connectivity index (χ4v) is 0.440. The Bertz CT molecular complexity index is 90.6. The molecule has 72 valence electrons. The molecular weight excluding hydrogens is 201 g/mol. The van der Waals surface area contributed by atoms with Gasteiger partial charge in [0.15, 0.2) is 0 Å². The molecule has 12 heavy (non-hydrogen) atoms. The molecule has 3 nitrogen and oxygen atoms in total. The third-order valence-electron chi connectivity index (χ3n) is 0.789. The SMILES string of the molecule is C1CCOOC1.CC#N.ClCCl. The van der Waals surface area contributed by atoms with Crippen LogP contribution < -0.4 is 0 Å². The molecular formula is C7H13Cl2NO2. The molecule has 0 atom stereocenters. The Kier molecular flexibility index (Phi) is 20.8. The van der Waals surface area contributed by atoms with Gasteiger partial charge in [0.05, 0.1) is 24.6 Å². The molecule has 1 heterocycles. The van der Waals surface area contributed by atoms with Crippen LogP contribution in [0.2, 0.25) is 0 Å². The molecule has 1 aliphatic rings. The molecule has 0 bridgehead atoms. The van der Waals surface area contributed by atoms with Crippen molar-refractivity contribution in [2.45, 2.75) is 19.8 Å². The number of hydrogen-bond donors (Lipinski definition) is 0. The van der Waals surface area contributed by atoms with Crippen LogP contribution >= 0.6 is 23.2 Å². The van der Waals surface area contributed by atoms with Gasteiger partial charge in [-0.15, -0.1) is 23.2 Å². The minimum absolute atomic E-state index is 0.194. The van der Waals surface area contributed by atoms with E-state index in [1.165, 1.54) is 6.92 Å². The summed E-state index contributed by atoms with van der Waals surface area (Å²) in [6.45, 7) is 2.99. The van der Waals surface area contributed by atoms with Crippen LogP contribution in [-0.4, -0.2) is 18.6 Å². The Morgan fingerprint density at radius 3 is 1.58 bits per heavy atom. The summed E-state index contributed by atoms with van der Waals surface area (Å²) in [6, 6.07) is 1.75. The first-order chi connectivity index (χ1) is 5.83. The summed E-state index contributed by atoms with van der Waals surface area (Å²) < 4.78 is 0. The molecule has 0 aromatic heterocycles. The summed E-state index contributed by atoms with van der Waals surface area (Å²) in [6.07, 6.45) is 2.31. The first-order valence-corrected chi connectivity index (χ1v) is 4.57. The van der Waals surface area contributed by atoms with Crippen LogP contribution in [0, 0.1) is 11.3 Å². The first-order valence-electron chi connectivity index (χ1n) is 3.50. The highest BCUT2D eigenvalue weighted by atomic mass is 35.5. The monoisotopic (exact) mass is 213 g/mol. The summed E-state index contributed by atoms with van der Waals surface area (Å²) >= 11 is 9.53. The molecule has 0 aromatic rings. The lowest BCUT2D eigenvalue weighted by atomic mass is 10.3. The second-order valence-electron chi connectivity index (χ2n) is 1.68. The fourth-order valence-electron chi connectivity index (χ4n) is 0.440. The highest BCUT2D eigenvalue weighted by Gasteiger charge is 1.95. The van der Waals surface area contributed by atoms with E-state index >= 15 is 0 Å². The van der Waals surface area contributed by atoms with Gasteiger partial charge in [0.2, 0.25) is 0 Å². The maximum absolute atomic E-state index is 7.32. The highest BCUT2D eigenvalue weighted by Crippen LogP contribution is 1.97. The zero-order valence-corrected chi connectivity index (χ0v) is 8.57. The van der Waals surface area contributed by atoms with Crippen molar-refractivity contribution in [1.29, 1.82) is 5.26 Å². The van der Waals surface area contributed by atoms with E-state index in [4.69, 9.17) is 28.5 Å². The molecule has 1 fully saturated rings. The summed E-state index contributed by atoms with van der Waals surface area (Å²) in [5, 5.41) is 7.51. The molecule has 0 saturated carbocycles. The Labute approximate surface area is 83.1 Å². The third kappa shape index (κ3) is 22.5. The number of nitriles is 1. The molecule has 5 heteroatoms. The van der Waals surface area contributed by atoms with Gasteiger partial charge in [-0.25, -0.2) is 9.78 Å². The van der Waals surface area contributed by atoms with E-state index in [-0.39, 0.29) is 5.34 Å². The van der Waals surface area contributed by atoms with E-state index in [1.807, 2.05) is 0 Å². The quantitative estimate of drug-likeness (QED) is 0.459. The lowest BCUT2D eigenvalue weighted by Crippen LogP contribution is -2.05. The number of alkyl halides is 2.